The van der Waals surface area contributed by atoms with Crippen LogP contribution in [0.3, 0.4) is 0 Å². The van der Waals surface area contributed by atoms with Crippen molar-refractivity contribution < 1.29 is 31.1 Å². The number of amides is 1. The summed E-state index contributed by atoms with van der Waals surface area (Å²) in [5.74, 6) is -6.02. The van der Waals surface area contributed by atoms with E-state index in [2.05, 4.69) is 0 Å². The Morgan fingerprint density at radius 3 is 2.29 bits per heavy atom. The molecule has 1 saturated heterocycles. The van der Waals surface area contributed by atoms with Crippen molar-refractivity contribution in [1.29, 1.82) is 0 Å². The highest BCUT2D eigenvalue weighted by Gasteiger charge is 2.45. The largest absolute Gasteiger partial charge is 0.406 e. The van der Waals surface area contributed by atoms with Crippen molar-refractivity contribution in [3.05, 3.63) is 35.1 Å². The van der Waals surface area contributed by atoms with Crippen molar-refractivity contribution in [3.63, 3.8) is 0 Å². The number of hydrogen-bond donors (Lipinski definition) is 1. The van der Waals surface area contributed by atoms with Crippen LogP contribution in [0.2, 0.25) is 0 Å². The maximum atomic E-state index is 13.9. The molecule has 3 nitrogen and oxygen atoms in total. The summed E-state index contributed by atoms with van der Waals surface area (Å²) in [4.78, 5) is 12.3. The van der Waals surface area contributed by atoms with Crippen molar-refractivity contribution >= 4 is 18.3 Å². The van der Waals surface area contributed by atoms with Gasteiger partial charge in [-0.3, -0.25) is 4.79 Å². The molecule has 1 aromatic rings. The quantitative estimate of drug-likeness (QED) is 0.637. The summed E-state index contributed by atoms with van der Waals surface area (Å²) in [6.07, 6.45) is -4.96. The minimum absolute atomic E-state index is 0. The van der Waals surface area contributed by atoms with Crippen LogP contribution in [0.5, 0.6) is 0 Å². The van der Waals surface area contributed by atoms with Gasteiger partial charge in [0.2, 0.25) is 5.91 Å². The second kappa shape index (κ2) is 7.18. The molecule has 0 spiro atoms. The fraction of sp³-hybridized carbons (Fsp3) is 0.500. The lowest BCUT2D eigenvalue weighted by Crippen LogP contribution is -2.57. The number of likely N-dealkylation sites (tertiary alicyclic amines) is 1. The zero-order chi connectivity index (χ0) is 17.5. The Morgan fingerprint density at radius 2 is 1.75 bits per heavy atom. The van der Waals surface area contributed by atoms with Crippen LogP contribution in [-0.2, 0) is 4.79 Å². The molecule has 1 unspecified atom stereocenters. The van der Waals surface area contributed by atoms with Gasteiger partial charge in [-0.05, 0) is 25.5 Å². The molecule has 0 radical (unpaired) electrons. The third-order valence-corrected chi connectivity index (χ3v) is 3.98. The lowest BCUT2D eigenvalue weighted by Gasteiger charge is -2.42. The maximum absolute atomic E-state index is 13.9. The Kier molecular flexibility index (Phi) is 6.15. The van der Waals surface area contributed by atoms with E-state index in [0.29, 0.717) is 17.0 Å². The molecule has 10 heteroatoms. The molecule has 0 aliphatic carbocycles. The molecular weight excluding hydrogens is 362 g/mol. The Balaban J connectivity index is 0.00000288. The number of rotatable bonds is 2. The smallest absolute Gasteiger partial charge is 0.329 e. The number of benzene rings is 1. The van der Waals surface area contributed by atoms with E-state index < -0.39 is 59.6 Å². The Morgan fingerprint density at radius 1 is 1.21 bits per heavy atom. The molecule has 24 heavy (non-hydrogen) atoms. The lowest BCUT2D eigenvalue weighted by molar-refractivity contribution is -0.170. The Hall–Kier alpha value is -1.48. The SMILES string of the molecule is CC1[C@@H](c2c(F)ccc(F)c2F)C[C@H](N)C(=O)N1CC(F)(F)F.Cl. The third kappa shape index (κ3) is 3.94. The summed E-state index contributed by atoms with van der Waals surface area (Å²) >= 11 is 0. The number of carbonyl (C=O) groups excluding carboxylic acids is 1. The molecule has 1 fully saturated rings. The van der Waals surface area contributed by atoms with Gasteiger partial charge in [0.25, 0.3) is 0 Å². The predicted molar refractivity (Wildman–Crippen MR) is 76.1 cm³/mol. The van der Waals surface area contributed by atoms with Crippen molar-refractivity contribution in [2.45, 2.75) is 37.5 Å². The van der Waals surface area contributed by atoms with Crippen LogP contribution >= 0.6 is 12.4 Å². The molecule has 1 aromatic carbocycles. The maximum Gasteiger partial charge on any atom is 0.406 e. The second-order valence-electron chi connectivity index (χ2n) is 5.53. The first-order valence-electron chi connectivity index (χ1n) is 6.79. The molecule has 0 saturated carbocycles. The minimum atomic E-state index is -4.69. The van der Waals surface area contributed by atoms with Crippen LogP contribution in [0.4, 0.5) is 26.3 Å². The van der Waals surface area contributed by atoms with Gasteiger partial charge in [-0.25, -0.2) is 13.2 Å². The van der Waals surface area contributed by atoms with Crippen LogP contribution in [0.25, 0.3) is 0 Å². The van der Waals surface area contributed by atoms with Crippen LogP contribution in [0.1, 0.15) is 24.8 Å². The molecule has 0 bridgehead atoms. The molecule has 136 valence electrons. The molecule has 0 aromatic heterocycles. The average molecular weight is 377 g/mol. The van der Waals surface area contributed by atoms with E-state index in [9.17, 15) is 31.1 Å². The first kappa shape index (κ1) is 20.6. The molecule has 1 aliphatic rings. The number of carbonyl (C=O) groups is 1. The zero-order valence-electron chi connectivity index (χ0n) is 12.4. The standard InChI is InChI=1S/C14H14F6N2O.ClH/c1-6-7(11-8(15)2-3-9(16)12(11)17)4-10(21)13(23)22(6)5-14(18,19)20;/h2-3,6-7,10H,4-5,21H2,1H3;1H/t6?,7-,10-;/m0./s1. The molecule has 2 N–H and O–H groups in total. The van der Waals surface area contributed by atoms with Gasteiger partial charge < -0.3 is 10.6 Å². The van der Waals surface area contributed by atoms with Gasteiger partial charge in [0, 0.05) is 17.5 Å². The van der Waals surface area contributed by atoms with Gasteiger partial charge in [0.1, 0.15) is 12.4 Å². The highest BCUT2D eigenvalue weighted by atomic mass is 35.5. The monoisotopic (exact) mass is 376 g/mol. The number of piperidine rings is 1. The predicted octanol–water partition coefficient (Wildman–Crippen LogP) is 3.12. The molecule has 3 atom stereocenters. The summed E-state index contributed by atoms with van der Waals surface area (Å²) in [6, 6.07) is -1.26. The Labute approximate surface area is 140 Å². The van der Waals surface area contributed by atoms with E-state index in [-0.39, 0.29) is 18.8 Å². The van der Waals surface area contributed by atoms with E-state index in [1.165, 1.54) is 6.92 Å². The number of hydrogen-bond acceptors (Lipinski definition) is 2. The zero-order valence-corrected chi connectivity index (χ0v) is 13.2. The van der Waals surface area contributed by atoms with Crippen LogP contribution in [0.15, 0.2) is 12.1 Å². The first-order chi connectivity index (χ1) is 10.5. The topological polar surface area (TPSA) is 46.3 Å². The van der Waals surface area contributed by atoms with Crippen molar-refractivity contribution in [2.24, 2.45) is 5.73 Å². The fourth-order valence-electron chi connectivity index (χ4n) is 2.86. The number of nitrogens with two attached hydrogens (primary N) is 1. The van der Waals surface area contributed by atoms with Crippen LogP contribution in [0, 0.1) is 17.5 Å². The van der Waals surface area contributed by atoms with E-state index >= 15 is 0 Å². The summed E-state index contributed by atoms with van der Waals surface area (Å²) < 4.78 is 79.1. The van der Waals surface area contributed by atoms with Gasteiger partial charge >= 0.3 is 6.18 Å². The summed E-state index contributed by atoms with van der Waals surface area (Å²) in [6.45, 7) is -0.361. The van der Waals surface area contributed by atoms with Crippen LogP contribution in [-0.4, -0.2) is 35.6 Å². The fourth-order valence-corrected chi connectivity index (χ4v) is 2.86. The Bertz CT molecular complexity index is 624. The van der Waals surface area contributed by atoms with Crippen molar-refractivity contribution in [2.75, 3.05) is 6.54 Å². The lowest BCUT2D eigenvalue weighted by atomic mass is 9.81. The molecule has 1 heterocycles. The highest BCUT2D eigenvalue weighted by Crippen LogP contribution is 2.37. The normalized spacial score (nSPS) is 24.8. The van der Waals surface area contributed by atoms with E-state index in [0.717, 1.165) is 0 Å². The van der Waals surface area contributed by atoms with Gasteiger partial charge in [-0.15, -0.1) is 12.4 Å². The molecule has 2 rings (SSSR count). The van der Waals surface area contributed by atoms with Gasteiger partial charge in [0.05, 0.1) is 6.04 Å². The molecular formula is C14H15ClF6N2O. The third-order valence-electron chi connectivity index (χ3n) is 3.98. The van der Waals surface area contributed by atoms with Crippen molar-refractivity contribution in [3.8, 4) is 0 Å². The van der Waals surface area contributed by atoms with E-state index in [1.54, 1.807) is 0 Å². The second-order valence-corrected chi connectivity index (χ2v) is 5.53. The van der Waals surface area contributed by atoms with E-state index in [4.69, 9.17) is 5.73 Å². The summed E-state index contributed by atoms with van der Waals surface area (Å²) in [7, 11) is 0. The highest BCUT2D eigenvalue weighted by molar-refractivity contribution is 5.85. The first-order valence-corrected chi connectivity index (χ1v) is 6.79. The van der Waals surface area contributed by atoms with Crippen molar-refractivity contribution in [1.82, 2.24) is 4.90 Å². The molecule has 1 amide bonds. The van der Waals surface area contributed by atoms with E-state index in [1.807, 2.05) is 0 Å². The number of nitrogens with zero attached hydrogens (tertiary/aromatic N) is 1. The number of halogens is 7. The van der Waals surface area contributed by atoms with Crippen LogP contribution < -0.4 is 5.73 Å². The summed E-state index contributed by atoms with van der Waals surface area (Å²) in [5, 5.41) is 0. The van der Waals surface area contributed by atoms with Gasteiger partial charge in [-0.2, -0.15) is 13.2 Å². The van der Waals surface area contributed by atoms with Gasteiger partial charge in [0.15, 0.2) is 11.6 Å². The minimum Gasteiger partial charge on any atom is -0.329 e. The summed E-state index contributed by atoms with van der Waals surface area (Å²) in [5.41, 5.74) is 4.83. The molecule has 1 aliphatic heterocycles. The average Bonchev–Trinajstić information content (AvgIpc) is 2.44. The number of alkyl halides is 3. The van der Waals surface area contributed by atoms with Gasteiger partial charge in [-0.1, -0.05) is 0 Å².